The summed E-state index contributed by atoms with van der Waals surface area (Å²) in [5, 5.41) is 8.56. The van der Waals surface area contributed by atoms with Gasteiger partial charge >= 0.3 is 0 Å². The molecule has 0 aromatic carbocycles. The molecule has 1 unspecified atom stereocenters. The summed E-state index contributed by atoms with van der Waals surface area (Å²) >= 11 is 5.95. The SMILES string of the molecule is CC(C)Cn1c(CCl)nnc1CC(C)CC(C)(C)C. The first-order valence-corrected chi connectivity index (χ1v) is 7.73. The Labute approximate surface area is 122 Å². The van der Waals surface area contributed by atoms with Crippen LogP contribution in [-0.4, -0.2) is 14.8 Å². The molecule has 0 fully saturated rings. The fraction of sp³-hybridized carbons (Fsp3) is 0.867. The van der Waals surface area contributed by atoms with Gasteiger partial charge in [-0.25, -0.2) is 0 Å². The average molecular weight is 286 g/mol. The Balaban J connectivity index is 2.80. The molecule has 0 spiro atoms. The van der Waals surface area contributed by atoms with Gasteiger partial charge in [0.25, 0.3) is 0 Å². The predicted octanol–water partition coefficient (Wildman–Crippen LogP) is 4.29. The topological polar surface area (TPSA) is 30.7 Å². The molecule has 1 heterocycles. The number of aromatic nitrogens is 3. The summed E-state index contributed by atoms with van der Waals surface area (Å²) in [6.07, 6.45) is 2.17. The number of rotatable bonds is 6. The van der Waals surface area contributed by atoms with Gasteiger partial charge < -0.3 is 4.57 Å². The second-order valence-electron chi connectivity index (χ2n) is 7.24. The van der Waals surface area contributed by atoms with Crippen LogP contribution in [0.25, 0.3) is 0 Å². The third-order valence-corrected chi connectivity index (χ3v) is 3.30. The second kappa shape index (κ2) is 6.74. The highest BCUT2D eigenvalue weighted by molar-refractivity contribution is 6.16. The summed E-state index contributed by atoms with van der Waals surface area (Å²) in [5.74, 6) is 3.61. The molecule has 4 heteroatoms. The van der Waals surface area contributed by atoms with Gasteiger partial charge in [-0.3, -0.25) is 0 Å². The molecule has 1 aromatic rings. The molecule has 3 nitrogen and oxygen atoms in total. The van der Waals surface area contributed by atoms with Crippen LogP contribution in [0.3, 0.4) is 0 Å². The van der Waals surface area contributed by atoms with E-state index in [0.29, 0.717) is 23.1 Å². The lowest BCUT2D eigenvalue weighted by Gasteiger charge is -2.23. The maximum absolute atomic E-state index is 5.95. The van der Waals surface area contributed by atoms with E-state index in [1.807, 2.05) is 0 Å². The Bertz CT molecular complexity index is 391. The van der Waals surface area contributed by atoms with Crippen molar-refractivity contribution in [3.8, 4) is 0 Å². The van der Waals surface area contributed by atoms with E-state index in [4.69, 9.17) is 11.6 Å². The van der Waals surface area contributed by atoms with Crippen LogP contribution in [0, 0.1) is 17.3 Å². The quantitative estimate of drug-likeness (QED) is 0.730. The second-order valence-corrected chi connectivity index (χ2v) is 7.51. The van der Waals surface area contributed by atoms with Crippen LogP contribution >= 0.6 is 11.6 Å². The molecule has 0 saturated heterocycles. The maximum Gasteiger partial charge on any atom is 0.147 e. The minimum atomic E-state index is 0.359. The third-order valence-electron chi connectivity index (χ3n) is 3.06. The van der Waals surface area contributed by atoms with E-state index in [0.717, 1.165) is 24.6 Å². The summed E-state index contributed by atoms with van der Waals surface area (Å²) in [6.45, 7) is 14.5. The highest BCUT2D eigenvalue weighted by atomic mass is 35.5. The Morgan fingerprint density at radius 1 is 1.11 bits per heavy atom. The van der Waals surface area contributed by atoms with Crippen LogP contribution in [0.1, 0.15) is 59.6 Å². The number of alkyl halides is 1. The highest BCUT2D eigenvalue weighted by Crippen LogP contribution is 2.26. The van der Waals surface area contributed by atoms with Gasteiger partial charge in [0, 0.05) is 13.0 Å². The molecule has 19 heavy (non-hydrogen) atoms. The standard InChI is InChI=1S/C15H28ClN3/c1-11(2)10-19-13(17-18-14(19)9-16)7-12(3)8-15(4,5)6/h11-12H,7-10H2,1-6H3. The lowest BCUT2D eigenvalue weighted by molar-refractivity contribution is 0.301. The Morgan fingerprint density at radius 2 is 1.68 bits per heavy atom. The van der Waals surface area contributed by atoms with Gasteiger partial charge in [-0.1, -0.05) is 41.5 Å². The minimum absolute atomic E-state index is 0.359. The van der Waals surface area contributed by atoms with Gasteiger partial charge in [-0.15, -0.1) is 21.8 Å². The van der Waals surface area contributed by atoms with Crippen molar-refractivity contribution in [1.29, 1.82) is 0 Å². The average Bonchev–Trinajstić information content (AvgIpc) is 2.57. The van der Waals surface area contributed by atoms with Gasteiger partial charge in [0.2, 0.25) is 0 Å². The molecule has 0 aliphatic rings. The van der Waals surface area contributed by atoms with Crippen molar-refractivity contribution in [2.24, 2.45) is 17.3 Å². The Hall–Kier alpha value is -0.570. The smallest absolute Gasteiger partial charge is 0.147 e. The number of hydrogen-bond acceptors (Lipinski definition) is 2. The predicted molar refractivity (Wildman–Crippen MR) is 81.4 cm³/mol. The van der Waals surface area contributed by atoms with Gasteiger partial charge in [0.05, 0.1) is 5.88 Å². The normalized spacial score (nSPS) is 14.1. The van der Waals surface area contributed by atoms with Gasteiger partial charge in [0.15, 0.2) is 0 Å². The van der Waals surface area contributed by atoms with Crippen molar-refractivity contribution in [2.75, 3.05) is 0 Å². The fourth-order valence-electron chi connectivity index (χ4n) is 2.63. The highest BCUT2D eigenvalue weighted by Gasteiger charge is 2.19. The summed E-state index contributed by atoms with van der Waals surface area (Å²) in [4.78, 5) is 0. The lowest BCUT2D eigenvalue weighted by Crippen LogP contribution is -2.17. The molecule has 0 bridgehead atoms. The zero-order valence-corrected chi connectivity index (χ0v) is 14.0. The zero-order valence-electron chi connectivity index (χ0n) is 13.2. The van der Waals surface area contributed by atoms with Crippen LogP contribution in [0.4, 0.5) is 0 Å². The van der Waals surface area contributed by atoms with E-state index >= 15 is 0 Å². The Kier molecular flexibility index (Phi) is 5.84. The van der Waals surface area contributed by atoms with E-state index in [1.165, 1.54) is 6.42 Å². The molecule has 1 aromatic heterocycles. The summed E-state index contributed by atoms with van der Waals surface area (Å²) in [5.41, 5.74) is 0.359. The first kappa shape index (κ1) is 16.5. The van der Waals surface area contributed by atoms with E-state index in [1.54, 1.807) is 0 Å². The summed E-state index contributed by atoms with van der Waals surface area (Å²) < 4.78 is 2.21. The zero-order chi connectivity index (χ0) is 14.6. The van der Waals surface area contributed by atoms with Crippen LogP contribution in [0.5, 0.6) is 0 Å². The van der Waals surface area contributed by atoms with Crippen molar-refractivity contribution in [1.82, 2.24) is 14.8 Å². The van der Waals surface area contributed by atoms with E-state index in [9.17, 15) is 0 Å². The number of hydrogen-bond donors (Lipinski definition) is 0. The molecule has 0 radical (unpaired) electrons. The Morgan fingerprint density at radius 3 is 2.16 bits per heavy atom. The molecule has 0 saturated carbocycles. The van der Waals surface area contributed by atoms with Gasteiger partial charge in [-0.05, 0) is 23.7 Å². The molecule has 0 aliphatic carbocycles. The monoisotopic (exact) mass is 285 g/mol. The van der Waals surface area contributed by atoms with E-state index in [-0.39, 0.29) is 0 Å². The van der Waals surface area contributed by atoms with Crippen molar-refractivity contribution < 1.29 is 0 Å². The lowest BCUT2D eigenvalue weighted by atomic mass is 9.84. The van der Waals surface area contributed by atoms with Crippen molar-refractivity contribution >= 4 is 11.6 Å². The molecule has 0 aliphatic heterocycles. The number of nitrogens with zero attached hydrogens (tertiary/aromatic N) is 3. The van der Waals surface area contributed by atoms with Crippen molar-refractivity contribution in [2.45, 2.75) is 66.8 Å². The molecular formula is C15H28ClN3. The van der Waals surface area contributed by atoms with E-state index < -0.39 is 0 Å². The van der Waals surface area contributed by atoms with Crippen molar-refractivity contribution in [3.63, 3.8) is 0 Å². The minimum Gasteiger partial charge on any atom is -0.314 e. The summed E-state index contributed by atoms with van der Waals surface area (Å²) in [6, 6.07) is 0. The molecular weight excluding hydrogens is 258 g/mol. The first-order chi connectivity index (χ1) is 8.73. The molecule has 1 atom stereocenters. The van der Waals surface area contributed by atoms with Crippen LogP contribution in [-0.2, 0) is 18.8 Å². The fourth-order valence-corrected chi connectivity index (χ4v) is 2.83. The van der Waals surface area contributed by atoms with Crippen molar-refractivity contribution in [3.05, 3.63) is 11.6 Å². The summed E-state index contributed by atoms with van der Waals surface area (Å²) in [7, 11) is 0. The molecule has 110 valence electrons. The van der Waals surface area contributed by atoms with Crippen LogP contribution in [0.15, 0.2) is 0 Å². The molecule has 0 amide bonds. The molecule has 0 N–H and O–H groups in total. The van der Waals surface area contributed by atoms with Crippen LogP contribution < -0.4 is 0 Å². The number of halogens is 1. The van der Waals surface area contributed by atoms with Gasteiger partial charge in [0.1, 0.15) is 11.6 Å². The van der Waals surface area contributed by atoms with Gasteiger partial charge in [-0.2, -0.15) is 0 Å². The largest absolute Gasteiger partial charge is 0.314 e. The van der Waals surface area contributed by atoms with Crippen LogP contribution in [0.2, 0.25) is 0 Å². The first-order valence-electron chi connectivity index (χ1n) is 7.20. The van der Waals surface area contributed by atoms with E-state index in [2.05, 4.69) is 56.3 Å². The molecule has 1 rings (SSSR count). The third kappa shape index (κ3) is 5.52. The maximum atomic E-state index is 5.95.